The van der Waals surface area contributed by atoms with Gasteiger partial charge in [0, 0.05) is 32.1 Å². The van der Waals surface area contributed by atoms with Crippen molar-refractivity contribution in [2.45, 2.75) is 18.4 Å². The van der Waals surface area contributed by atoms with Crippen molar-refractivity contribution < 1.29 is 14.3 Å². The minimum Gasteiger partial charge on any atom is -0.441 e. The van der Waals surface area contributed by atoms with Gasteiger partial charge < -0.3 is 15.0 Å². The van der Waals surface area contributed by atoms with Crippen LogP contribution in [-0.4, -0.2) is 47.1 Å². The summed E-state index contributed by atoms with van der Waals surface area (Å²) < 4.78 is 5.32. The zero-order chi connectivity index (χ0) is 13.3. The number of pyridine rings is 1. The summed E-state index contributed by atoms with van der Waals surface area (Å²) in [5.74, 6) is -0.0623. The van der Waals surface area contributed by atoms with E-state index in [1.807, 2.05) is 0 Å². The summed E-state index contributed by atoms with van der Waals surface area (Å²) in [4.78, 5) is 29.2. The fraction of sp³-hybridized carbons (Fsp3) is 0.462. The van der Waals surface area contributed by atoms with E-state index in [1.165, 1.54) is 0 Å². The molecule has 6 heteroatoms. The monoisotopic (exact) mass is 261 g/mol. The molecular weight excluding hydrogens is 246 g/mol. The Labute approximate surface area is 110 Å². The molecule has 2 aliphatic rings. The Morgan fingerprint density at radius 2 is 2.16 bits per heavy atom. The maximum atomic E-state index is 12.2. The van der Waals surface area contributed by atoms with Crippen molar-refractivity contribution in [3.8, 4) is 0 Å². The molecule has 1 aromatic heterocycles. The highest BCUT2D eigenvalue weighted by atomic mass is 16.6. The molecule has 19 heavy (non-hydrogen) atoms. The first-order chi connectivity index (χ1) is 9.19. The molecule has 0 bridgehead atoms. The average Bonchev–Trinajstić information content (AvgIpc) is 2.81. The minimum atomic E-state index is -0.419. The SMILES string of the molecule is O=C1NCC2(CCN(C(=O)c3ccccn3)CC2)O1. The van der Waals surface area contributed by atoms with Gasteiger partial charge in [0.2, 0.25) is 0 Å². The van der Waals surface area contributed by atoms with E-state index in [-0.39, 0.29) is 12.0 Å². The number of rotatable bonds is 1. The number of hydrogen-bond acceptors (Lipinski definition) is 4. The zero-order valence-corrected chi connectivity index (χ0v) is 10.5. The third-order valence-electron chi connectivity index (χ3n) is 3.71. The normalized spacial score (nSPS) is 21.1. The van der Waals surface area contributed by atoms with Crippen LogP contribution in [0.3, 0.4) is 0 Å². The summed E-state index contributed by atoms with van der Waals surface area (Å²) in [7, 11) is 0. The number of aromatic nitrogens is 1. The van der Waals surface area contributed by atoms with Crippen molar-refractivity contribution in [1.29, 1.82) is 0 Å². The fourth-order valence-electron chi connectivity index (χ4n) is 2.55. The molecule has 0 saturated carbocycles. The summed E-state index contributed by atoms with van der Waals surface area (Å²) in [6, 6.07) is 5.30. The van der Waals surface area contributed by atoms with Crippen LogP contribution in [0.4, 0.5) is 4.79 Å². The Hall–Kier alpha value is -2.11. The molecule has 2 aliphatic heterocycles. The number of nitrogens with zero attached hydrogens (tertiary/aromatic N) is 2. The van der Waals surface area contributed by atoms with E-state index in [9.17, 15) is 9.59 Å². The first kappa shape index (κ1) is 12.0. The highest BCUT2D eigenvalue weighted by Gasteiger charge is 2.43. The topological polar surface area (TPSA) is 71.5 Å². The third-order valence-corrected chi connectivity index (χ3v) is 3.71. The van der Waals surface area contributed by atoms with Crippen molar-refractivity contribution in [2.24, 2.45) is 0 Å². The van der Waals surface area contributed by atoms with E-state index >= 15 is 0 Å². The molecule has 1 N–H and O–H groups in total. The molecule has 1 spiro atoms. The zero-order valence-electron chi connectivity index (χ0n) is 10.5. The van der Waals surface area contributed by atoms with Crippen molar-refractivity contribution in [3.63, 3.8) is 0 Å². The molecular formula is C13H15N3O3. The van der Waals surface area contributed by atoms with Gasteiger partial charge in [-0.15, -0.1) is 0 Å². The van der Waals surface area contributed by atoms with Gasteiger partial charge in [-0.25, -0.2) is 4.79 Å². The molecule has 0 radical (unpaired) electrons. The molecule has 100 valence electrons. The van der Waals surface area contributed by atoms with Crippen LogP contribution in [0.15, 0.2) is 24.4 Å². The summed E-state index contributed by atoms with van der Waals surface area (Å²) >= 11 is 0. The molecule has 6 nitrogen and oxygen atoms in total. The number of carbonyl (C=O) groups excluding carboxylic acids is 2. The average molecular weight is 261 g/mol. The molecule has 0 aliphatic carbocycles. The molecule has 3 heterocycles. The Bertz CT molecular complexity index is 495. The summed E-state index contributed by atoms with van der Waals surface area (Å²) in [6.07, 6.45) is 2.60. The minimum absolute atomic E-state index is 0.0623. The van der Waals surface area contributed by atoms with E-state index in [2.05, 4.69) is 10.3 Å². The molecule has 0 atom stereocenters. The van der Waals surface area contributed by atoms with E-state index in [4.69, 9.17) is 4.74 Å². The highest BCUT2D eigenvalue weighted by Crippen LogP contribution is 2.29. The first-order valence-electron chi connectivity index (χ1n) is 6.36. The lowest BCUT2D eigenvalue weighted by Crippen LogP contribution is -2.48. The van der Waals surface area contributed by atoms with Gasteiger partial charge in [-0.2, -0.15) is 0 Å². The number of piperidine rings is 1. The van der Waals surface area contributed by atoms with Crippen molar-refractivity contribution in [1.82, 2.24) is 15.2 Å². The number of ether oxygens (including phenoxy) is 1. The number of alkyl carbamates (subject to hydrolysis) is 1. The van der Waals surface area contributed by atoms with Gasteiger partial charge in [0.25, 0.3) is 5.91 Å². The molecule has 2 amide bonds. The third kappa shape index (κ3) is 2.25. The first-order valence-corrected chi connectivity index (χ1v) is 6.36. The molecule has 2 saturated heterocycles. The van der Waals surface area contributed by atoms with E-state index < -0.39 is 5.60 Å². The van der Waals surface area contributed by atoms with Crippen LogP contribution in [0.1, 0.15) is 23.3 Å². The quantitative estimate of drug-likeness (QED) is 0.811. The predicted octanol–water partition coefficient (Wildman–Crippen LogP) is 0.796. The van der Waals surface area contributed by atoms with Crippen LogP contribution >= 0.6 is 0 Å². The summed E-state index contributed by atoms with van der Waals surface area (Å²) in [5.41, 5.74) is 0.0397. The second-order valence-electron chi connectivity index (χ2n) is 4.93. The Kier molecular flexibility index (Phi) is 2.85. The van der Waals surface area contributed by atoms with Crippen LogP contribution in [-0.2, 0) is 4.74 Å². The van der Waals surface area contributed by atoms with Gasteiger partial charge in [0.15, 0.2) is 0 Å². The molecule has 3 rings (SSSR count). The number of nitrogens with one attached hydrogen (secondary N) is 1. The van der Waals surface area contributed by atoms with Gasteiger partial charge in [-0.05, 0) is 12.1 Å². The highest BCUT2D eigenvalue weighted by molar-refractivity contribution is 5.92. The van der Waals surface area contributed by atoms with E-state index in [0.717, 1.165) is 0 Å². The lowest BCUT2D eigenvalue weighted by Gasteiger charge is -2.36. The van der Waals surface area contributed by atoms with E-state index in [0.29, 0.717) is 38.2 Å². The smallest absolute Gasteiger partial charge is 0.407 e. The van der Waals surface area contributed by atoms with Crippen LogP contribution in [0.2, 0.25) is 0 Å². The van der Waals surface area contributed by atoms with Crippen molar-refractivity contribution >= 4 is 12.0 Å². The maximum Gasteiger partial charge on any atom is 0.407 e. The standard InChI is InChI=1S/C13H15N3O3/c17-11(10-3-1-2-6-14-10)16-7-4-13(5-8-16)9-15-12(18)19-13/h1-3,6H,4-5,7-9H2,(H,15,18). The van der Waals surface area contributed by atoms with Crippen LogP contribution < -0.4 is 5.32 Å². The number of hydrogen-bond donors (Lipinski definition) is 1. The predicted molar refractivity (Wildman–Crippen MR) is 66.6 cm³/mol. The molecule has 1 aromatic rings. The van der Waals surface area contributed by atoms with Crippen LogP contribution in [0.5, 0.6) is 0 Å². The second-order valence-corrected chi connectivity index (χ2v) is 4.93. The Balaban J connectivity index is 1.64. The maximum absolute atomic E-state index is 12.2. The van der Waals surface area contributed by atoms with Gasteiger partial charge in [0.1, 0.15) is 11.3 Å². The Morgan fingerprint density at radius 3 is 2.74 bits per heavy atom. The van der Waals surface area contributed by atoms with Gasteiger partial charge in [-0.1, -0.05) is 6.07 Å². The summed E-state index contributed by atoms with van der Waals surface area (Å²) in [5, 5.41) is 2.68. The molecule has 0 unspecified atom stereocenters. The summed E-state index contributed by atoms with van der Waals surface area (Å²) in [6.45, 7) is 1.71. The molecule has 0 aromatic carbocycles. The van der Waals surface area contributed by atoms with Gasteiger partial charge in [0.05, 0.1) is 6.54 Å². The van der Waals surface area contributed by atoms with Crippen molar-refractivity contribution in [2.75, 3.05) is 19.6 Å². The van der Waals surface area contributed by atoms with Gasteiger partial charge in [-0.3, -0.25) is 9.78 Å². The van der Waals surface area contributed by atoms with Gasteiger partial charge >= 0.3 is 6.09 Å². The van der Waals surface area contributed by atoms with Crippen LogP contribution in [0, 0.1) is 0 Å². The van der Waals surface area contributed by atoms with Crippen molar-refractivity contribution in [3.05, 3.63) is 30.1 Å². The lowest BCUT2D eigenvalue weighted by molar-refractivity contribution is 0.00314. The number of carbonyl (C=O) groups is 2. The Morgan fingerprint density at radius 1 is 1.37 bits per heavy atom. The fourth-order valence-corrected chi connectivity index (χ4v) is 2.55. The van der Waals surface area contributed by atoms with Crippen LogP contribution in [0.25, 0.3) is 0 Å². The second kappa shape index (κ2) is 4.53. The van der Waals surface area contributed by atoms with E-state index in [1.54, 1.807) is 29.3 Å². The largest absolute Gasteiger partial charge is 0.441 e. The number of likely N-dealkylation sites (tertiary alicyclic amines) is 1. The molecule has 2 fully saturated rings. The lowest BCUT2D eigenvalue weighted by atomic mass is 9.91. The number of amides is 2.